The topological polar surface area (TPSA) is 12.4 Å². The normalized spacial score (nSPS) is 17.9. The Labute approximate surface area is 45.0 Å². The summed E-state index contributed by atoms with van der Waals surface area (Å²) in [5, 5.41) is 0. The molecule has 0 aromatic rings. The van der Waals surface area contributed by atoms with Crippen LogP contribution in [0.4, 0.5) is 0 Å². The molecule has 0 aromatic heterocycles. The average molecular weight is 88.7 g/mol. The second-order valence-corrected chi connectivity index (χ2v) is 1.66. The van der Waals surface area contributed by atoms with Crippen molar-refractivity contribution in [2.75, 3.05) is 0 Å². The number of hydrogen-bond donors (Lipinski definition) is 0. The monoisotopic (exact) mass is 89.1 g/mol. The lowest BCUT2D eigenvalue weighted by Gasteiger charge is -1.77. The quantitative estimate of drug-likeness (QED) is 0.376. The summed E-state index contributed by atoms with van der Waals surface area (Å²) < 4.78 is 0. The minimum atomic E-state index is 0.0694. The summed E-state index contributed by atoms with van der Waals surface area (Å²) in [4.78, 5) is 3.93. The zero-order valence-electron chi connectivity index (χ0n) is 4.26. The molecular formula is C4H5B2N. The van der Waals surface area contributed by atoms with Gasteiger partial charge >= 0.3 is 0 Å². The number of rotatable bonds is 0. The summed E-state index contributed by atoms with van der Waals surface area (Å²) in [5.74, 6) is 1.92. The third kappa shape index (κ3) is 0.952. The third-order valence-electron chi connectivity index (χ3n) is 0.884. The highest BCUT2D eigenvalue weighted by Crippen LogP contribution is 1.99. The maximum Gasteiger partial charge on any atom is 0.168 e. The van der Waals surface area contributed by atoms with Gasteiger partial charge in [0, 0.05) is 13.4 Å². The zero-order chi connectivity index (χ0) is 5.28. The Kier molecular flexibility index (Phi) is 1.05. The molecule has 7 heavy (non-hydrogen) atoms. The van der Waals surface area contributed by atoms with Crippen LogP contribution in [0.3, 0.4) is 0 Å². The van der Waals surface area contributed by atoms with Crippen molar-refractivity contribution in [3.05, 3.63) is 11.7 Å². The highest BCUT2D eigenvalue weighted by Gasteiger charge is 2.02. The molecule has 0 bridgehead atoms. The van der Waals surface area contributed by atoms with Gasteiger partial charge in [0.25, 0.3) is 0 Å². The number of nitrogens with zero attached hydrogens (tertiary/aromatic N) is 1. The maximum absolute atomic E-state index is 5.40. The Morgan fingerprint density at radius 1 is 1.86 bits per heavy atom. The predicted octanol–water partition coefficient (Wildman–Crippen LogP) is 0.213. The molecule has 1 heterocycles. The van der Waals surface area contributed by atoms with Crippen molar-refractivity contribution in [2.24, 2.45) is 4.99 Å². The Hall–Kier alpha value is -0.460. The summed E-state index contributed by atoms with van der Waals surface area (Å²) >= 11 is 0. The highest BCUT2D eigenvalue weighted by molar-refractivity contribution is 7.21. The smallest absolute Gasteiger partial charge is 0.168 e. The molecule has 0 atom stereocenters. The Bertz CT molecular complexity index is 128. The van der Waals surface area contributed by atoms with Crippen molar-refractivity contribution in [1.29, 1.82) is 0 Å². The van der Waals surface area contributed by atoms with E-state index >= 15 is 0 Å². The first-order chi connectivity index (χ1) is 3.29. The van der Waals surface area contributed by atoms with Gasteiger partial charge in [-0.25, -0.2) is 0 Å². The molecule has 0 saturated carbocycles. The van der Waals surface area contributed by atoms with Crippen LogP contribution in [-0.2, 0) is 0 Å². The summed E-state index contributed by atoms with van der Waals surface area (Å²) in [7, 11) is 5.40. The predicted molar refractivity (Wildman–Crippen MR) is 33.8 cm³/mol. The van der Waals surface area contributed by atoms with Crippen LogP contribution in [0.2, 0.25) is 0 Å². The number of aliphatic imine (C=N–C) groups is 1. The van der Waals surface area contributed by atoms with E-state index in [1.807, 2.05) is 12.9 Å². The van der Waals surface area contributed by atoms with Gasteiger partial charge in [0.15, 0.2) is 6.60 Å². The fourth-order valence-electron chi connectivity index (χ4n) is 0.568. The van der Waals surface area contributed by atoms with Crippen molar-refractivity contribution < 1.29 is 0 Å². The first kappa shape index (κ1) is 4.69. The summed E-state index contributed by atoms with van der Waals surface area (Å²) in [6.45, 7) is 2.00. The van der Waals surface area contributed by atoms with Crippen molar-refractivity contribution in [1.82, 2.24) is 0 Å². The second-order valence-electron chi connectivity index (χ2n) is 1.66. The molecule has 1 aliphatic heterocycles. The summed E-state index contributed by atoms with van der Waals surface area (Å²) in [5.41, 5.74) is 1.02. The summed E-state index contributed by atoms with van der Waals surface area (Å²) in [6, 6.07) is 0. The fourth-order valence-corrected chi connectivity index (χ4v) is 0.568. The highest BCUT2D eigenvalue weighted by atomic mass is 14.7. The van der Waals surface area contributed by atoms with Crippen molar-refractivity contribution >= 4 is 20.5 Å². The first-order valence-corrected chi connectivity index (χ1v) is 2.27. The van der Waals surface area contributed by atoms with Gasteiger partial charge in [-0.05, 0) is 13.0 Å². The van der Waals surface area contributed by atoms with Crippen LogP contribution in [0.25, 0.3) is 0 Å². The Morgan fingerprint density at radius 3 is 2.71 bits per heavy atom. The van der Waals surface area contributed by atoms with Gasteiger partial charge in [0.1, 0.15) is 0 Å². The van der Waals surface area contributed by atoms with Crippen LogP contribution in [0.5, 0.6) is 0 Å². The van der Waals surface area contributed by atoms with E-state index < -0.39 is 0 Å². The van der Waals surface area contributed by atoms with Gasteiger partial charge in [0.2, 0.25) is 0 Å². The molecule has 2 radical (unpaired) electrons. The van der Waals surface area contributed by atoms with Crippen LogP contribution in [0, 0.1) is 0 Å². The van der Waals surface area contributed by atoms with Crippen LogP contribution in [0.1, 0.15) is 6.92 Å². The fraction of sp³-hybridized carbons (Fsp3) is 0.250. The minimum absolute atomic E-state index is 0.0694. The van der Waals surface area contributed by atoms with Crippen LogP contribution in [-0.4, -0.2) is 20.5 Å². The third-order valence-corrected chi connectivity index (χ3v) is 0.884. The van der Waals surface area contributed by atoms with Gasteiger partial charge in [-0.15, -0.1) is 0 Å². The lowest BCUT2D eigenvalue weighted by atomic mass is 9.34. The van der Waals surface area contributed by atoms with Gasteiger partial charge in [-0.2, -0.15) is 0 Å². The van der Waals surface area contributed by atoms with Crippen LogP contribution >= 0.6 is 0 Å². The molecule has 0 spiro atoms. The molecule has 0 aromatic carbocycles. The average Bonchev–Trinajstić information content (AvgIpc) is 1.87. The van der Waals surface area contributed by atoms with E-state index in [-0.39, 0.29) is 6.60 Å². The molecule has 3 heteroatoms. The Balaban J connectivity index is 2.69. The maximum atomic E-state index is 5.40. The largest absolute Gasteiger partial charge is 0.277 e. The number of hydrogen-bond acceptors (Lipinski definition) is 1. The van der Waals surface area contributed by atoms with Crippen LogP contribution in [0.15, 0.2) is 16.7 Å². The van der Waals surface area contributed by atoms with E-state index in [4.69, 9.17) is 7.74 Å². The molecular weight excluding hydrogens is 83.7 g/mol. The van der Waals surface area contributed by atoms with Gasteiger partial charge in [-0.3, -0.25) is 4.99 Å². The Morgan fingerprint density at radius 2 is 2.57 bits per heavy atom. The van der Waals surface area contributed by atoms with Gasteiger partial charge < -0.3 is 0 Å². The van der Waals surface area contributed by atoms with E-state index in [1.54, 1.807) is 6.11 Å². The molecule has 32 valence electrons. The van der Waals surface area contributed by atoms with E-state index in [0.29, 0.717) is 0 Å². The van der Waals surface area contributed by atoms with Crippen molar-refractivity contribution in [3.63, 3.8) is 0 Å². The first-order valence-electron chi connectivity index (χ1n) is 2.27. The SMILES string of the molecule is [B]B1C=NC(C)=C1. The number of allylic oxidation sites excluding steroid dienone is 1. The van der Waals surface area contributed by atoms with Crippen molar-refractivity contribution in [2.45, 2.75) is 6.92 Å². The molecule has 0 fully saturated rings. The molecule has 1 aliphatic rings. The molecule has 0 unspecified atom stereocenters. The standard InChI is InChI=1S/C4H5B2N/c1-4-2-6(5)3-7-4/h2-3H,1H3. The molecule has 1 nitrogen and oxygen atoms in total. The molecule has 0 saturated heterocycles. The van der Waals surface area contributed by atoms with Crippen molar-refractivity contribution in [3.8, 4) is 0 Å². The van der Waals surface area contributed by atoms with Gasteiger partial charge in [0.05, 0.1) is 0 Å². The minimum Gasteiger partial charge on any atom is -0.277 e. The lowest BCUT2D eigenvalue weighted by Crippen LogP contribution is -2.07. The van der Waals surface area contributed by atoms with E-state index in [0.717, 1.165) is 5.70 Å². The van der Waals surface area contributed by atoms with Gasteiger partial charge in [-0.1, -0.05) is 5.98 Å². The summed E-state index contributed by atoms with van der Waals surface area (Å²) in [6.07, 6.45) is 1.73. The zero-order valence-corrected chi connectivity index (χ0v) is 4.26. The van der Waals surface area contributed by atoms with E-state index in [1.165, 1.54) is 0 Å². The van der Waals surface area contributed by atoms with E-state index in [9.17, 15) is 0 Å². The van der Waals surface area contributed by atoms with Crippen LogP contribution < -0.4 is 0 Å². The molecule has 0 amide bonds. The lowest BCUT2D eigenvalue weighted by molar-refractivity contribution is 1.35. The van der Waals surface area contributed by atoms with E-state index in [2.05, 4.69) is 4.99 Å². The molecule has 0 N–H and O–H groups in total. The molecule has 1 rings (SSSR count). The second kappa shape index (κ2) is 1.57. The molecule has 0 aliphatic carbocycles.